The Balaban J connectivity index is 0.00000196. The average molecular weight is 243 g/mol. The summed E-state index contributed by atoms with van der Waals surface area (Å²) < 4.78 is 49.7. The number of hydrogen-bond donors (Lipinski definition) is 2. The normalized spacial score (nSPS) is 10.7. The molecule has 0 aliphatic heterocycles. The van der Waals surface area contributed by atoms with E-state index in [4.69, 9.17) is 11.1 Å². The zero-order chi connectivity index (χ0) is 10.9. The second-order valence-electron chi connectivity index (χ2n) is 2.57. The summed E-state index contributed by atoms with van der Waals surface area (Å²) in [5.41, 5.74) is 2.72. The molecule has 0 fully saturated rings. The van der Waals surface area contributed by atoms with Gasteiger partial charge in [-0.25, -0.2) is 4.39 Å². The van der Waals surface area contributed by atoms with Crippen LogP contribution in [0.2, 0.25) is 0 Å². The van der Waals surface area contributed by atoms with E-state index in [9.17, 15) is 17.6 Å². The Labute approximate surface area is 89.0 Å². The third kappa shape index (κ3) is 2.82. The van der Waals surface area contributed by atoms with Gasteiger partial charge >= 0.3 is 6.18 Å². The van der Waals surface area contributed by atoms with Crippen LogP contribution in [0.15, 0.2) is 18.2 Å². The lowest BCUT2D eigenvalue weighted by atomic mass is 10.1. The van der Waals surface area contributed by atoms with Gasteiger partial charge in [-0.15, -0.1) is 12.4 Å². The van der Waals surface area contributed by atoms with Gasteiger partial charge in [0.2, 0.25) is 0 Å². The van der Waals surface area contributed by atoms with Crippen molar-refractivity contribution in [2.75, 3.05) is 0 Å². The number of rotatable bonds is 1. The highest BCUT2D eigenvalue weighted by molar-refractivity contribution is 5.96. The predicted octanol–water partition coefficient (Wildman–Crippen LogP) is 2.55. The van der Waals surface area contributed by atoms with Crippen LogP contribution in [-0.4, -0.2) is 5.84 Å². The molecule has 1 aromatic rings. The topological polar surface area (TPSA) is 49.9 Å². The Morgan fingerprint density at radius 2 is 1.80 bits per heavy atom. The van der Waals surface area contributed by atoms with Crippen LogP contribution in [0.3, 0.4) is 0 Å². The van der Waals surface area contributed by atoms with E-state index in [1.54, 1.807) is 0 Å². The molecule has 1 rings (SSSR count). The van der Waals surface area contributed by atoms with Gasteiger partial charge < -0.3 is 5.73 Å². The summed E-state index contributed by atoms with van der Waals surface area (Å²) in [5, 5.41) is 6.83. The quantitative estimate of drug-likeness (QED) is 0.444. The Morgan fingerprint density at radius 1 is 1.27 bits per heavy atom. The molecule has 0 heterocycles. The van der Waals surface area contributed by atoms with Gasteiger partial charge in [0.05, 0.1) is 11.1 Å². The third-order valence-electron chi connectivity index (χ3n) is 1.59. The molecule has 0 aromatic heterocycles. The van der Waals surface area contributed by atoms with Crippen LogP contribution >= 0.6 is 12.4 Å². The van der Waals surface area contributed by atoms with Crippen molar-refractivity contribution in [1.82, 2.24) is 0 Å². The number of nitrogens with two attached hydrogens (primary N) is 1. The van der Waals surface area contributed by atoms with Crippen molar-refractivity contribution in [2.45, 2.75) is 6.18 Å². The smallest absolute Gasteiger partial charge is 0.384 e. The fourth-order valence-electron chi connectivity index (χ4n) is 1.03. The van der Waals surface area contributed by atoms with Crippen LogP contribution in [0, 0.1) is 11.2 Å². The van der Waals surface area contributed by atoms with Crippen LogP contribution in [0.4, 0.5) is 17.6 Å². The number of hydrogen-bond acceptors (Lipinski definition) is 1. The summed E-state index contributed by atoms with van der Waals surface area (Å²) in [6.45, 7) is 0. The second kappa shape index (κ2) is 4.48. The van der Waals surface area contributed by atoms with E-state index in [-0.39, 0.29) is 12.4 Å². The van der Waals surface area contributed by atoms with Crippen molar-refractivity contribution < 1.29 is 17.6 Å². The molecule has 0 radical (unpaired) electrons. The summed E-state index contributed by atoms with van der Waals surface area (Å²) in [6, 6.07) is 2.43. The zero-order valence-corrected chi connectivity index (χ0v) is 8.05. The average Bonchev–Trinajstić information content (AvgIpc) is 2.01. The standard InChI is InChI=1S/C8H6F4N2.ClH/c9-5-3-1-2-4(8(10,11)12)6(5)7(13)14;/h1-3H,(H3,13,14);1H. The van der Waals surface area contributed by atoms with Gasteiger partial charge in [-0.3, -0.25) is 5.41 Å². The highest BCUT2D eigenvalue weighted by atomic mass is 35.5. The van der Waals surface area contributed by atoms with Gasteiger partial charge in [-0.05, 0) is 12.1 Å². The highest BCUT2D eigenvalue weighted by Gasteiger charge is 2.35. The van der Waals surface area contributed by atoms with Crippen molar-refractivity contribution in [3.05, 3.63) is 35.1 Å². The van der Waals surface area contributed by atoms with Crippen molar-refractivity contribution in [3.8, 4) is 0 Å². The summed E-state index contributed by atoms with van der Waals surface area (Å²) in [5.74, 6) is -2.08. The number of halogens is 5. The minimum absolute atomic E-state index is 0. The summed E-state index contributed by atoms with van der Waals surface area (Å²) in [6.07, 6.45) is -4.71. The van der Waals surface area contributed by atoms with Crippen molar-refractivity contribution >= 4 is 18.2 Å². The molecule has 0 aliphatic rings. The SMILES string of the molecule is Cl.N=C(N)c1c(F)cccc1C(F)(F)F. The van der Waals surface area contributed by atoms with Gasteiger partial charge in [0.15, 0.2) is 0 Å². The fraction of sp³-hybridized carbons (Fsp3) is 0.125. The van der Waals surface area contributed by atoms with Crippen molar-refractivity contribution in [2.24, 2.45) is 5.73 Å². The minimum Gasteiger partial charge on any atom is -0.384 e. The molecule has 0 spiro atoms. The van der Waals surface area contributed by atoms with Gasteiger partial charge in [-0.1, -0.05) is 6.07 Å². The van der Waals surface area contributed by atoms with Crippen LogP contribution in [-0.2, 0) is 6.18 Å². The molecule has 84 valence electrons. The van der Waals surface area contributed by atoms with Crippen molar-refractivity contribution in [1.29, 1.82) is 5.41 Å². The summed E-state index contributed by atoms with van der Waals surface area (Å²) >= 11 is 0. The van der Waals surface area contributed by atoms with Gasteiger partial charge in [0.25, 0.3) is 0 Å². The first-order valence-electron chi connectivity index (χ1n) is 3.54. The molecule has 3 N–H and O–H groups in total. The molecule has 0 saturated carbocycles. The zero-order valence-electron chi connectivity index (χ0n) is 7.23. The molecule has 2 nitrogen and oxygen atoms in total. The largest absolute Gasteiger partial charge is 0.417 e. The Hall–Kier alpha value is -1.30. The molecule has 15 heavy (non-hydrogen) atoms. The van der Waals surface area contributed by atoms with E-state index < -0.39 is 29.0 Å². The maximum atomic E-state index is 12.9. The van der Waals surface area contributed by atoms with E-state index in [0.717, 1.165) is 12.1 Å². The van der Waals surface area contributed by atoms with Gasteiger partial charge in [0.1, 0.15) is 11.7 Å². The third-order valence-corrected chi connectivity index (χ3v) is 1.59. The second-order valence-corrected chi connectivity index (χ2v) is 2.57. The van der Waals surface area contributed by atoms with E-state index >= 15 is 0 Å². The molecule has 0 aliphatic carbocycles. The first-order chi connectivity index (χ1) is 6.34. The fourth-order valence-corrected chi connectivity index (χ4v) is 1.03. The van der Waals surface area contributed by atoms with E-state index in [1.807, 2.05) is 0 Å². The molecule has 7 heteroatoms. The number of benzene rings is 1. The Kier molecular flexibility index (Phi) is 4.09. The number of nitrogen functional groups attached to an aromatic ring is 1. The molecule has 0 atom stereocenters. The lowest BCUT2D eigenvalue weighted by molar-refractivity contribution is -0.137. The maximum absolute atomic E-state index is 12.9. The monoisotopic (exact) mass is 242 g/mol. The van der Waals surface area contributed by atoms with Gasteiger partial charge in [-0.2, -0.15) is 13.2 Å². The first-order valence-corrected chi connectivity index (χ1v) is 3.54. The Bertz CT molecular complexity index is 375. The molecule has 0 saturated heterocycles. The Morgan fingerprint density at radius 3 is 2.13 bits per heavy atom. The minimum atomic E-state index is -4.71. The van der Waals surface area contributed by atoms with Crippen molar-refractivity contribution in [3.63, 3.8) is 0 Å². The molecule has 0 bridgehead atoms. The van der Waals surface area contributed by atoms with E-state index in [1.165, 1.54) is 0 Å². The number of nitrogens with one attached hydrogen (secondary N) is 1. The van der Waals surface area contributed by atoms with Crippen LogP contribution in [0.25, 0.3) is 0 Å². The highest BCUT2D eigenvalue weighted by Crippen LogP contribution is 2.32. The molecular formula is C8H7ClF4N2. The molecule has 0 unspecified atom stereocenters. The lowest BCUT2D eigenvalue weighted by Crippen LogP contribution is -2.20. The van der Waals surface area contributed by atoms with E-state index in [2.05, 4.69) is 0 Å². The predicted molar refractivity (Wildman–Crippen MR) is 49.7 cm³/mol. The molecular weight excluding hydrogens is 236 g/mol. The summed E-state index contributed by atoms with van der Waals surface area (Å²) in [7, 11) is 0. The lowest BCUT2D eigenvalue weighted by Gasteiger charge is -2.11. The van der Waals surface area contributed by atoms with E-state index in [0.29, 0.717) is 6.07 Å². The van der Waals surface area contributed by atoms with Crippen LogP contribution in [0.1, 0.15) is 11.1 Å². The molecule has 0 amide bonds. The van der Waals surface area contributed by atoms with Crippen LogP contribution in [0.5, 0.6) is 0 Å². The van der Waals surface area contributed by atoms with Crippen LogP contribution < -0.4 is 5.73 Å². The number of alkyl halides is 3. The first kappa shape index (κ1) is 13.7. The molecule has 1 aromatic carbocycles. The maximum Gasteiger partial charge on any atom is 0.417 e. The van der Waals surface area contributed by atoms with Gasteiger partial charge in [0, 0.05) is 0 Å². The number of amidine groups is 1. The summed E-state index contributed by atoms with van der Waals surface area (Å²) in [4.78, 5) is 0.